The fraction of sp³-hybridized carbons (Fsp3) is 0.536. The van der Waals surface area contributed by atoms with Gasteiger partial charge in [-0.25, -0.2) is 0 Å². The molecule has 0 radical (unpaired) electrons. The fourth-order valence-corrected chi connectivity index (χ4v) is 6.37. The molecule has 6 rings (SSSR count). The summed E-state index contributed by atoms with van der Waals surface area (Å²) in [5, 5.41) is 53.2. The average Bonchev–Trinajstić information content (AvgIpc) is 3.34. The summed E-state index contributed by atoms with van der Waals surface area (Å²) in [4.78, 5) is 13.2. The number of carbonyl (C=O) groups excluding carboxylic acids is 1. The van der Waals surface area contributed by atoms with Gasteiger partial charge in [-0.15, -0.1) is 0 Å². The molecule has 0 amide bonds. The Bertz CT molecular complexity index is 1300. The molecular formula is C28H32O13. The second-order valence-electron chi connectivity index (χ2n) is 10.6. The third kappa shape index (κ3) is 4.53. The number of cyclic esters (lactones) is 1. The van der Waals surface area contributed by atoms with Crippen LogP contribution in [0.15, 0.2) is 24.3 Å². The fourth-order valence-electron chi connectivity index (χ4n) is 6.37. The zero-order valence-corrected chi connectivity index (χ0v) is 22.5. The Morgan fingerprint density at radius 2 is 1.54 bits per heavy atom. The number of benzene rings is 2. The Hall–Kier alpha value is -3.33. The number of esters is 1. The quantitative estimate of drug-likeness (QED) is 0.251. The molecule has 41 heavy (non-hydrogen) atoms. The van der Waals surface area contributed by atoms with Gasteiger partial charge in [0.05, 0.1) is 39.5 Å². The van der Waals surface area contributed by atoms with Crippen LogP contribution in [0.4, 0.5) is 0 Å². The SMILES string of the molecule is COc1cc([C@@H]2c3cc(O)c(O)cc3[C@@H](O[C@@H]3O[C@@H]4CO[C@@H](C)O[C@H]4[C@H](O)[C@H]3O)[C@H]3COC(=O)[C@H]23)cc(OC)c1O. The van der Waals surface area contributed by atoms with Gasteiger partial charge in [0, 0.05) is 11.8 Å². The molecule has 0 saturated carbocycles. The molecule has 13 nitrogen and oxygen atoms in total. The predicted molar refractivity (Wildman–Crippen MR) is 136 cm³/mol. The van der Waals surface area contributed by atoms with Gasteiger partial charge < -0.3 is 58.7 Å². The van der Waals surface area contributed by atoms with Gasteiger partial charge in [0.15, 0.2) is 35.6 Å². The lowest BCUT2D eigenvalue weighted by Crippen LogP contribution is -2.63. The van der Waals surface area contributed by atoms with E-state index in [2.05, 4.69) is 0 Å². The summed E-state index contributed by atoms with van der Waals surface area (Å²) in [5.41, 5.74) is 1.36. The molecule has 4 aliphatic rings. The van der Waals surface area contributed by atoms with Crippen LogP contribution in [-0.4, -0.2) is 95.9 Å². The van der Waals surface area contributed by atoms with Crippen molar-refractivity contribution in [2.24, 2.45) is 11.8 Å². The van der Waals surface area contributed by atoms with E-state index in [1.54, 1.807) is 19.1 Å². The van der Waals surface area contributed by atoms with E-state index in [9.17, 15) is 30.3 Å². The maximum atomic E-state index is 13.2. The second kappa shape index (κ2) is 10.5. The van der Waals surface area contributed by atoms with Gasteiger partial charge in [-0.3, -0.25) is 4.79 Å². The topological polar surface area (TPSA) is 183 Å². The summed E-state index contributed by atoms with van der Waals surface area (Å²) in [7, 11) is 2.76. The molecule has 0 spiro atoms. The van der Waals surface area contributed by atoms with Crippen molar-refractivity contribution in [1.82, 2.24) is 0 Å². The Morgan fingerprint density at radius 3 is 2.20 bits per heavy atom. The Kier molecular flexibility index (Phi) is 7.12. The van der Waals surface area contributed by atoms with Crippen LogP contribution in [0.5, 0.6) is 28.7 Å². The number of hydrogen-bond acceptors (Lipinski definition) is 13. The highest BCUT2D eigenvalue weighted by Crippen LogP contribution is 2.56. The van der Waals surface area contributed by atoms with Crippen molar-refractivity contribution in [3.05, 3.63) is 41.0 Å². The first kappa shape index (κ1) is 27.8. The molecule has 13 heteroatoms. The van der Waals surface area contributed by atoms with E-state index in [4.69, 9.17) is 33.2 Å². The molecule has 3 fully saturated rings. The standard InChI is InChI=1S/C28H32O13/c1-10-37-9-19-26(39-10)23(32)24(33)28(40-19)41-25-13-7-16(30)15(29)6-12(13)20(21-14(25)8-38-27(21)34)11-4-17(35-2)22(31)18(5-11)36-3/h4-7,10,14,19-21,23-26,28-33H,8-9H2,1-3H3/t10-,14+,19-,20-,21+,23-,24-,25-,26-,28+/m1/s1. The first-order chi connectivity index (χ1) is 19.6. The van der Waals surface area contributed by atoms with Crippen LogP contribution in [-0.2, 0) is 28.5 Å². The van der Waals surface area contributed by atoms with Crippen molar-refractivity contribution in [3.63, 3.8) is 0 Å². The predicted octanol–water partition coefficient (Wildman–Crippen LogP) is 1.02. The van der Waals surface area contributed by atoms with Gasteiger partial charge in [0.2, 0.25) is 5.75 Å². The van der Waals surface area contributed by atoms with Gasteiger partial charge in [-0.2, -0.15) is 0 Å². The van der Waals surface area contributed by atoms with Crippen LogP contribution in [0.2, 0.25) is 0 Å². The molecule has 5 N–H and O–H groups in total. The van der Waals surface area contributed by atoms with Crippen LogP contribution >= 0.6 is 0 Å². The van der Waals surface area contributed by atoms with Gasteiger partial charge in [0.1, 0.15) is 24.4 Å². The van der Waals surface area contributed by atoms with Crippen molar-refractivity contribution in [1.29, 1.82) is 0 Å². The molecule has 2 aromatic carbocycles. The van der Waals surface area contributed by atoms with Gasteiger partial charge >= 0.3 is 5.97 Å². The van der Waals surface area contributed by atoms with Crippen LogP contribution in [0.3, 0.4) is 0 Å². The van der Waals surface area contributed by atoms with Crippen molar-refractivity contribution >= 4 is 5.97 Å². The van der Waals surface area contributed by atoms with Crippen LogP contribution in [0, 0.1) is 11.8 Å². The number of methoxy groups -OCH3 is 2. The van der Waals surface area contributed by atoms with Crippen molar-refractivity contribution < 1.29 is 63.5 Å². The van der Waals surface area contributed by atoms with E-state index in [-0.39, 0.29) is 30.5 Å². The first-order valence-electron chi connectivity index (χ1n) is 13.2. The Balaban J connectivity index is 1.43. The number of carbonyl (C=O) groups is 1. The minimum Gasteiger partial charge on any atom is -0.504 e. The van der Waals surface area contributed by atoms with E-state index in [1.165, 1.54) is 26.4 Å². The lowest BCUT2D eigenvalue weighted by molar-refractivity contribution is -0.364. The third-order valence-electron chi connectivity index (χ3n) is 8.35. The van der Waals surface area contributed by atoms with Gasteiger partial charge in [-0.05, 0) is 47.9 Å². The molecule has 10 atom stereocenters. The number of aliphatic hydroxyl groups excluding tert-OH is 2. The van der Waals surface area contributed by atoms with Gasteiger partial charge in [0.25, 0.3) is 0 Å². The molecule has 3 heterocycles. The van der Waals surface area contributed by atoms with Crippen molar-refractivity contribution in [2.75, 3.05) is 27.4 Å². The zero-order chi connectivity index (χ0) is 29.2. The zero-order valence-electron chi connectivity index (χ0n) is 22.5. The number of aromatic hydroxyl groups is 3. The molecule has 1 aliphatic carbocycles. The summed E-state index contributed by atoms with van der Waals surface area (Å²) < 4.78 is 39.5. The monoisotopic (exact) mass is 576 g/mol. The molecule has 222 valence electrons. The molecule has 2 aromatic rings. The lowest BCUT2D eigenvalue weighted by atomic mass is 9.66. The highest BCUT2D eigenvalue weighted by atomic mass is 16.8. The van der Waals surface area contributed by atoms with Crippen LogP contribution in [0.25, 0.3) is 0 Å². The van der Waals surface area contributed by atoms with Crippen molar-refractivity contribution in [2.45, 2.75) is 55.9 Å². The first-order valence-corrected chi connectivity index (χ1v) is 13.2. The maximum Gasteiger partial charge on any atom is 0.310 e. The van der Waals surface area contributed by atoms with Crippen LogP contribution in [0.1, 0.15) is 35.6 Å². The van der Waals surface area contributed by atoms with Gasteiger partial charge in [-0.1, -0.05) is 0 Å². The minimum absolute atomic E-state index is 0.0424. The number of fused-ring (bicyclic) bond motifs is 3. The molecular weight excluding hydrogens is 544 g/mol. The molecule has 3 saturated heterocycles. The number of phenolic OH excluding ortho intramolecular Hbond substituents is 3. The second-order valence-corrected chi connectivity index (χ2v) is 10.6. The number of aliphatic hydroxyl groups is 2. The molecule has 0 aromatic heterocycles. The van der Waals surface area contributed by atoms with E-state index >= 15 is 0 Å². The van der Waals surface area contributed by atoms with Crippen molar-refractivity contribution in [3.8, 4) is 28.7 Å². The van der Waals surface area contributed by atoms with Crippen LogP contribution < -0.4 is 9.47 Å². The summed E-state index contributed by atoms with van der Waals surface area (Å²) in [6.45, 7) is 1.73. The van der Waals surface area contributed by atoms with E-state index in [1.807, 2.05) is 0 Å². The van der Waals surface area contributed by atoms with E-state index < -0.39 is 78.3 Å². The smallest absolute Gasteiger partial charge is 0.310 e. The average molecular weight is 577 g/mol. The summed E-state index contributed by atoms with van der Waals surface area (Å²) in [6, 6.07) is 5.80. The summed E-state index contributed by atoms with van der Waals surface area (Å²) >= 11 is 0. The summed E-state index contributed by atoms with van der Waals surface area (Å²) in [6.07, 6.45) is -7.30. The normalized spacial score (nSPS) is 36.1. The maximum absolute atomic E-state index is 13.2. The van der Waals surface area contributed by atoms with E-state index in [0.29, 0.717) is 16.7 Å². The highest BCUT2D eigenvalue weighted by molar-refractivity contribution is 5.79. The highest BCUT2D eigenvalue weighted by Gasteiger charge is 2.55. The number of ether oxygens (including phenoxy) is 7. The number of phenols is 3. The Morgan fingerprint density at radius 1 is 0.878 bits per heavy atom. The third-order valence-corrected chi connectivity index (χ3v) is 8.35. The largest absolute Gasteiger partial charge is 0.504 e. The molecule has 0 bridgehead atoms. The number of rotatable bonds is 5. The van der Waals surface area contributed by atoms with E-state index in [0.717, 1.165) is 0 Å². The molecule has 0 unspecified atom stereocenters. The number of hydrogen-bond donors (Lipinski definition) is 5. The lowest BCUT2D eigenvalue weighted by Gasteiger charge is -2.47. The minimum atomic E-state index is -1.50. The molecule has 3 aliphatic heterocycles. The summed E-state index contributed by atoms with van der Waals surface area (Å²) in [5.74, 6) is -3.56. The Labute approximate surface area is 234 Å².